The van der Waals surface area contributed by atoms with Crippen molar-refractivity contribution in [1.82, 2.24) is 19.7 Å². The summed E-state index contributed by atoms with van der Waals surface area (Å²) in [4.78, 5) is 29.8. The third-order valence-corrected chi connectivity index (χ3v) is 7.68. The van der Waals surface area contributed by atoms with Gasteiger partial charge in [0.25, 0.3) is 0 Å². The molecule has 226 valence electrons. The van der Waals surface area contributed by atoms with Crippen molar-refractivity contribution >= 4 is 39.6 Å². The Morgan fingerprint density at radius 2 is 1.73 bits per heavy atom. The van der Waals surface area contributed by atoms with Crippen molar-refractivity contribution in [2.75, 3.05) is 18.8 Å². The van der Waals surface area contributed by atoms with Gasteiger partial charge in [-0.1, -0.05) is 36.4 Å². The van der Waals surface area contributed by atoms with Crippen LogP contribution in [-0.2, 0) is 29.1 Å². The van der Waals surface area contributed by atoms with E-state index in [1.807, 2.05) is 49.7 Å². The number of likely N-dealkylation sites (tertiary alicyclic amines) is 1. The van der Waals surface area contributed by atoms with E-state index < -0.39 is 11.6 Å². The Hall–Kier alpha value is -5.12. The number of hydrogen-bond donors (Lipinski definition) is 2. The zero-order valence-corrected chi connectivity index (χ0v) is 25.0. The van der Waals surface area contributed by atoms with Crippen LogP contribution >= 0.6 is 0 Å². The molecule has 10 heteroatoms. The zero-order valence-electron chi connectivity index (χ0n) is 25.0. The van der Waals surface area contributed by atoms with Crippen LogP contribution in [-0.4, -0.2) is 55.5 Å². The molecule has 1 fully saturated rings. The minimum Gasteiger partial charge on any atom is -0.487 e. The molecule has 2 aromatic heterocycles. The van der Waals surface area contributed by atoms with Gasteiger partial charge in [0.15, 0.2) is 0 Å². The normalized spacial score (nSPS) is 13.7. The molecule has 5 aromatic rings. The highest BCUT2D eigenvalue weighted by Gasteiger charge is 2.34. The monoisotopic (exact) mass is 593 g/mol. The number of para-hydroxylation sites is 1. The molecule has 0 aliphatic carbocycles. The van der Waals surface area contributed by atoms with Crippen molar-refractivity contribution in [3.8, 4) is 16.9 Å². The Bertz CT molecular complexity index is 1870. The summed E-state index contributed by atoms with van der Waals surface area (Å²) in [5.41, 5.74) is 9.91. The molecule has 1 amide bonds. The zero-order chi connectivity index (χ0) is 31.0. The van der Waals surface area contributed by atoms with Crippen LogP contribution in [0.5, 0.6) is 5.75 Å². The lowest BCUT2D eigenvalue weighted by molar-refractivity contribution is -0.136. The molecule has 3 aromatic carbocycles. The van der Waals surface area contributed by atoms with Gasteiger partial charge in [-0.05, 0) is 67.6 Å². The molecule has 10 nitrogen and oxygen atoms in total. The first kappa shape index (κ1) is 29.0. The van der Waals surface area contributed by atoms with Crippen molar-refractivity contribution in [2.24, 2.45) is 5.92 Å². The summed E-state index contributed by atoms with van der Waals surface area (Å²) >= 11 is 0. The predicted octanol–water partition coefficient (Wildman–Crippen LogP) is 5.91. The van der Waals surface area contributed by atoms with Crippen LogP contribution in [0.3, 0.4) is 0 Å². The number of nitrogen functional groups attached to an aromatic ring is 1. The summed E-state index contributed by atoms with van der Waals surface area (Å²) in [7, 11) is 0. The molecule has 0 unspecified atom stereocenters. The Labute approximate surface area is 255 Å². The number of carboxylic acids is 1. The fourth-order valence-corrected chi connectivity index (χ4v) is 5.55. The maximum Gasteiger partial charge on any atom is 0.410 e. The maximum atomic E-state index is 12.5. The van der Waals surface area contributed by atoms with Gasteiger partial charge in [0.05, 0.1) is 11.9 Å². The average Bonchev–Trinajstić information content (AvgIpc) is 3.29. The van der Waals surface area contributed by atoms with Crippen LogP contribution in [0.25, 0.3) is 32.8 Å². The van der Waals surface area contributed by atoms with Gasteiger partial charge >= 0.3 is 12.1 Å². The van der Waals surface area contributed by atoms with E-state index in [2.05, 4.69) is 29.2 Å². The van der Waals surface area contributed by atoms with Crippen molar-refractivity contribution in [3.63, 3.8) is 0 Å². The van der Waals surface area contributed by atoms with Crippen molar-refractivity contribution in [1.29, 1.82) is 0 Å². The van der Waals surface area contributed by atoms with Crippen LogP contribution in [0.15, 0.2) is 72.9 Å². The number of amides is 1. The Morgan fingerprint density at radius 1 is 1.00 bits per heavy atom. The van der Waals surface area contributed by atoms with E-state index in [1.54, 1.807) is 29.3 Å². The number of nitrogens with zero attached hydrogens (tertiary/aromatic N) is 4. The number of fused-ring (bicyclic) bond motifs is 2. The van der Waals surface area contributed by atoms with Gasteiger partial charge in [0.2, 0.25) is 0 Å². The van der Waals surface area contributed by atoms with Gasteiger partial charge in [-0.3, -0.25) is 9.48 Å². The number of hydrogen-bond acceptors (Lipinski definition) is 7. The van der Waals surface area contributed by atoms with Crippen LogP contribution in [0, 0.1) is 5.92 Å². The fourth-order valence-electron chi connectivity index (χ4n) is 5.55. The minimum absolute atomic E-state index is 0.134. The van der Waals surface area contributed by atoms with E-state index in [9.17, 15) is 14.7 Å². The summed E-state index contributed by atoms with van der Waals surface area (Å²) in [5, 5.41) is 17.1. The van der Waals surface area contributed by atoms with E-state index in [-0.39, 0.29) is 25.0 Å². The third-order valence-electron chi connectivity index (χ3n) is 7.68. The topological polar surface area (TPSA) is 133 Å². The molecular formula is C34H35N5O5. The molecule has 0 radical (unpaired) electrons. The number of pyridine rings is 1. The van der Waals surface area contributed by atoms with Crippen LogP contribution in [0.4, 0.5) is 10.6 Å². The molecule has 0 saturated carbocycles. The smallest absolute Gasteiger partial charge is 0.410 e. The lowest BCUT2D eigenvalue weighted by atomic mass is 9.99. The number of aliphatic carboxylic acids is 1. The number of benzene rings is 3. The van der Waals surface area contributed by atoms with Gasteiger partial charge in [-0.2, -0.15) is 5.10 Å². The summed E-state index contributed by atoms with van der Waals surface area (Å²) in [6, 6.07) is 21.4. The number of carbonyl (C=O) groups excluding carboxylic acids is 1. The molecule has 0 spiro atoms. The molecule has 1 aliphatic rings. The number of rotatable bonds is 8. The maximum absolute atomic E-state index is 12.5. The number of anilines is 1. The standard InChI is InChI=1S/C34H35N5O5/c1-34(2,3)44-33(42)38-17-21(18-38)19-39-29-11-10-24(23-9-8-22-12-13-36-32(35)26(22)14-23)15-27(29)28(37-39)20-43-30-7-5-4-6-25(30)16-31(40)41/h4-15,21H,16-20H2,1-3H3,(H2,35,36)(H,40,41). The largest absolute Gasteiger partial charge is 0.487 e. The second-order valence-electron chi connectivity index (χ2n) is 12.2. The molecule has 6 rings (SSSR count). The second-order valence-corrected chi connectivity index (χ2v) is 12.2. The molecule has 3 heterocycles. The first-order valence-electron chi connectivity index (χ1n) is 14.6. The van der Waals surface area contributed by atoms with Gasteiger partial charge < -0.3 is 25.2 Å². The Balaban J connectivity index is 1.30. The summed E-state index contributed by atoms with van der Waals surface area (Å²) in [6.45, 7) is 7.56. The molecule has 3 N–H and O–H groups in total. The van der Waals surface area contributed by atoms with Gasteiger partial charge in [0, 0.05) is 48.1 Å². The Kier molecular flexibility index (Phi) is 7.59. The number of carboxylic acid groups (broad SMARTS) is 1. The molecule has 1 saturated heterocycles. The van der Waals surface area contributed by atoms with E-state index >= 15 is 0 Å². The highest BCUT2D eigenvalue weighted by Crippen LogP contribution is 2.32. The average molecular weight is 594 g/mol. The number of ether oxygens (including phenoxy) is 2. The number of nitrogens with two attached hydrogens (primary N) is 1. The molecule has 0 atom stereocenters. The van der Waals surface area contributed by atoms with Crippen molar-refractivity contribution in [3.05, 3.63) is 84.2 Å². The minimum atomic E-state index is -0.924. The molecular weight excluding hydrogens is 558 g/mol. The third kappa shape index (κ3) is 6.15. The van der Waals surface area contributed by atoms with Crippen LogP contribution < -0.4 is 10.5 Å². The summed E-state index contributed by atoms with van der Waals surface area (Å²) in [6.07, 6.45) is 1.27. The number of carbonyl (C=O) groups is 2. The quantitative estimate of drug-likeness (QED) is 0.227. The highest BCUT2D eigenvalue weighted by molar-refractivity contribution is 5.95. The van der Waals surface area contributed by atoms with Gasteiger partial charge in [-0.25, -0.2) is 9.78 Å². The SMILES string of the molecule is CC(C)(C)OC(=O)N1CC(Cn2nc(COc3ccccc3CC(=O)O)c3cc(-c4ccc5ccnc(N)c5c4)ccc32)C1. The highest BCUT2D eigenvalue weighted by atomic mass is 16.6. The van der Waals surface area contributed by atoms with E-state index in [4.69, 9.17) is 20.3 Å². The Morgan fingerprint density at radius 3 is 2.48 bits per heavy atom. The van der Waals surface area contributed by atoms with Crippen LogP contribution in [0.1, 0.15) is 32.0 Å². The van der Waals surface area contributed by atoms with E-state index in [0.29, 0.717) is 36.8 Å². The molecule has 0 bridgehead atoms. The molecule has 1 aliphatic heterocycles. The van der Waals surface area contributed by atoms with E-state index in [0.717, 1.165) is 38.5 Å². The van der Waals surface area contributed by atoms with Gasteiger partial charge in [0.1, 0.15) is 29.5 Å². The van der Waals surface area contributed by atoms with Crippen molar-refractivity contribution < 1.29 is 24.2 Å². The van der Waals surface area contributed by atoms with Crippen molar-refractivity contribution in [2.45, 2.75) is 45.9 Å². The lowest BCUT2D eigenvalue weighted by Gasteiger charge is -2.39. The van der Waals surface area contributed by atoms with Gasteiger partial charge in [-0.15, -0.1) is 0 Å². The molecule has 44 heavy (non-hydrogen) atoms. The predicted molar refractivity (Wildman–Crippen MR) is 168 cm³/mol. The second kappa shape index (κ2) is 11.5. The fraction of sp³-hybridized carbons (Fsp3) is 0.294. The van der Waals surface area contributed by atoms with Crippen LogP contribution in [0.2, 0.25) is 0 Å². The van der Waals surface area contributed by atoms with E-state index in [1.165, 1.54) is 0 Å². The number of aromatic nitrogens is 3. The summed E-state index contributed by atoms with van der Waals surface area (Å²) < 4.78 is 13.7. The summed E-state index contributed by atoms with van der Waals surface area (Å²) in [5.74, 6) is 0.297. The lowest BCUT2D eigenvalue weighted by Crippen LogP contribution is -2.52. The first-order valence-corrected chi connectivity index (χ1v) is 14.6. The first-order chi connectivity index (χ1) is 21.0.